The van der Waals surface area contributed by atoms with Crippen molar-refractivity contribution in [1.29, 1.82) is 0 Å². The predicted molar refractivity (Wildman–Crippen MR) is 85.7 cm³/mol. The number of benzene rings is 2. The number of aromatic carboxylic acids is 1. The van der Waals surface area contributed by atoms with Gasteiger partial charge in [-0.1, -0.05) is 18.2 Å². The summed E-state index contributed by atoms with van der Waals surface area (Å²) in [6, 6.07) is 10.7. The minimum Gasteiger partial charge on any atom is -0.478 e. The normalized spacial score (nSPS) is 11.6. The van der Waals surface area contributed by atoms with Crippen molar-refractivity contribution in [3.05, 3.63) is 81.8 Å². The molecule has 0 aliphatic carbocycles. The minimum atomic E-state index is -4.54. The number of carboxylic acid groups (broad SMARTS) is 1. The third kappa shape index (κ3) is 3.26. The fraction of sp³-hybridized carbons (Fsp3) is 0.111. The lowest BCUT2D eigenvalue weighted by Gasteiger charge is -2.12. The first-order valence-electron chi connectivity index (χ1n) is 7.29. The average molecular weight is 347 g/mol. The smallest absolute Gasteiger partial charge is 0.417 e. The summed E-state index contributed by atoms with van der Waals surface area (Å²) in [6.45, 7) is 0.130. The van der Waals surface area contributed by atoms with E-state index in [0.29, 0.717) is 5.56 Å². The van der Waals surface area contributed by atoms with Crippen LogP contribution in [0.5, 0.6) is 0 Å². The van der Waals surface area contributed by atoms with E-state index in [1.54, 1.807) is 12.1 Å². The van der Waals surface area contributed by atoms with Crippen LogP contribution in [0, 0.1) is 0 Å². The molecule has 0 radical (unpaired) electrons. The Morgan fingerprint density at radius 3 is 2.28 bits per heavy atom. The molecule has 0 aliphatic rings. The highest BCUT2D eigenvalue weighted by Crippen LogP contribution is 2.33. The van der Waals surface area contributed by atoms with E-state index in [4.69, 9.17) is 5.11 Å². The quantitative estimate of drug-likeness (QED) is 0.785. The molecule has 7 heteroatoms. The Bertz CT molecular complexity index is 1000. The standard InChI is InChI=1S/C18H12F3NO3/c19-18(20,21)15-3-1-2-14-13(15)8-9-22(16(14)23)10-11-4-6-12(7-5-11)17(24)25/h1-9H,10H2,(H,24,25). The van der Waals surface area contributed by atoms with E-state index in [2.05, 4.69) is 0 Å². The zero-order chi connectivity index (χ0) is 18.2. The number of aromatic nitrogens is 1. The van der Waals surface area contributed by atoms with Crippen LogP contribution in [0.3, 0.4) is 0 Å². The van der Waals surface area contributed by atoms with Gasteiger partial charge in [-0.15, -0.1) is 0 Å². The van der Waals surface area contributed by atoms with Crippen molar-refractivity contribution in [3.8, 4) is 0 Å². The number of nitrogens with zero attached hydrogens (tertiary/aromatic N) is 1. The van der Waals surface area contributed by atoms with Gasteiger partial charge in [0.15, 0.2) is 0 Å². The highest BCUT2D eigenvalue weighted by Gasteiger charge is 2.32. The van der Waals surface area contributed by atoms with Gasteiger partial charge in [-0.3, -0.25) is 4.79 Å². The second-order valence-electron chi connectivity index (χ2n) is 5.52. The van der Waals surface area contributed by atoms with Crippen LogP contribution >= 0.6 is 0 Å². The maximum Gasteiger partial charge on any atom is 0.417 e. The number of pyridine rings is 1. The topological polar surface area (TPSA) is 59.3 Å². The number of hydrogen-bond donors (Lipinski definition) is 1. The fourth-order valence-corrected chi connectivity index (χ4v) is 2.64. The lowest BCUT2D eigenvalue weighted by molar-refractivity contribution is -0.136. The van der Waals surface area contributed by atoms with Gasteiger partial charge in [0.1, 0.15) is 0 Å². The Morgan fingerprint density at radius 2 is 1.68 bits per heavy atom. The molecular weight excluding hydrogens is 335 g/mol. The summed E-state index contributed by atoms with van der Waals surface area (Å²) in [5.74, 6) is -1.06. The summed E-state index contributed by atoms with van der Waals surface area (Å²) >= 11 is 0. The van der Waals surface area contributed by atoms with Crippen LogP contribution in [-0.2, 0) is 12.7 Å². The number of fused-ring (bicyclic) bond motifs is 1. The van der Waals surface area contributed by atoms with Crippen molar-refractivity contribution in [3.63, 3.8) is 0 Å². The van der Waals surface area contributed by atoms with Crippen LogP contribution in [-0.4, -0.2) is 15.6 Å². The molecule has 0 saturated heterocycles. The number of carbonyl (C=O) groups is 1. The zero-order valence-electron chi connectivity index (χ0n) is 12.7. The van der Waals surface area contributed by atoms with Crippen LogP contribution in [0.25, 0.3) is 10.8 Å². The highest BCUT2D eigenvalue weighted by atomic mass is 19.4. The first-order valence-corrected chi connectivity index (χ1v) is 7.29. The molecular formula is C18H12F3NO3. The van der Waals surface area contributed by atoms with Gasteiger partial charge in [0.2, 0.25) is 0 Å². The zero-order valence-corrected chi connectivity index (χ0v) is 12.7. The van der Waals surface area contributed by atoms with E-state index < -0.39 is 23.3 Å². The van der Waals surface area contributed by atoms with E-state index in [0.717, 1.165) is 6.07 Å². The lowest BCUT2D eigenvalue weighted by Crippen LogP contribution is -2.21. The second kappa shape index (κ2) is 6.08. The van der Waals surface area contributed by atoms with E-state index in [9.17, 15) is 22.8 Å². The summed E-state index contributed by atoms with van der Waals surface area (Å²) in [5, 5.41) is 8.72. The lowest BCUT2D eigenvalue weighted by atomic mass is 10.1. The van der Waals surface area contributed by atoms with Crippen LogP contribution in [0.1, 0.15) is 21.5 Å². The maximum absolute atomic E-state index is 13.0. The molecule has 1 heterocycles. The number of alkyl halides is 3. The average Bonchev–Trinajstić information content (AvgIpc) is 2.56. The summed E-state index contributed by atoms with van der Waals surface area (Å²) in [6.07, 6.45) is -3.23. The molecule has 3 aromatic rings. The summed E-state index contributed by atoms with van der Waals surface area (Å²) in [7, 11) is 0. The molecule has 0 aliphatic heterocycles. The number of halogens is 3. The Balaban J connectivity index is 2.02. The first kappa shape index (κ1) is 16.8. The molecule has 25 heavy (non-hydrogen) atoms. The van der Waals surface area contributed by atoms with E-state index in [-0.39, 0.29) is 22.9 Å². The van der Waals surface area contributed by atoms with Crippen molar-refractivity contribution in [1.82, 2.24) is 4.57 Å². The SMILES string of the molecule is O=C(O)c1ccc(Cn2ccc3c(C(F)(F)F)cccc3c2=O)cc1. The molecule has 1 N–H and O–H groups in total. The Labute approximate surface area is 139 Å². The summed E-state index contributed by atoms with van der Waals surface area (Å²) in [5.41, 5.74) is -0.603. The van der Waals surface area contributed by atoms with Crippen molar-refractivity contribution in [2.24, 2.45) is 0 Å². The number of carboxylic acids is 1. The molecule has 1 aromatic heterocycles. The van der Waals surface area contributed by atoms with Gasteiger partial charge in [0.25, 0.3) is 5.56 Å². The Morgan fingerprint density at radius 1 is 1.00 bits per heavy atom. The van der Waals surface area contributed by atoms with Crippen molar-refractivity contribution < 1.29 is 23.1 Å². The molecule has 2 aromatic carbocycles. The van der Waals surface area contributed by atoms with Gasteiger partial charge in [-0.2, -0.15) is 13.2 Å². The second-order valence-corrected chi connectivity index (χ2v) is 5.52. The van der Waals surface area contributed by atoms with Gasteiger partial charge >= 0.3 is 12.1 Å². The first-order chi connectivity index (χ1) is 11.8. The van der Waals surface area contributed by atoms with Gasteiger partial charge in [-0.05, 0) is 35.9 Å². The van der Waals surface area contributed by atoms with E-state index in [1.807, 2.05) is 0 Å². The molecule has 3 rings (SSSR count). The van der Waals surface area contributed by atoms with Gasteiger partial charge in [-0.25, -0.2) is 4.79 Å². The van der Waals surface area contributed by atoms with Gasteiger partial charge in [0, 0.05) is 17.0 Å². The molecule has 0 spiro atoms. The van der Waals surface area contributed by atoms with Gasteiger partial charge in [0.05, 0.1) is 17.7 Å². The van der Waals surface area contributed by atoms with E-state index >= 15 is 0 Å². The monoisotopic (exact) mass is 347 g/mol. The molecule has 0 atom stereocenters. The molecule has 0 unspecified atom stereocenters. The largest absolute Gasteiger partial charge is 0.478 e. The third-order valence-corrected chi connectivity index (χ3v) is 3.88. The third-order valence-electron chi connectivity index (χ3n) is 3.88. The summed E-state index contributed by atoms with van der Waals surface area (Å²) < 4.78 is 40.4. The maximum atomic E-state index is 13.0. The van der Waals surface area contributed by atoms with Crippen molar-refractivity contribution >= 4 is 16.7 Å². The highest BCUT2D eigenvalue weighted by molar-refractivity contribution is 5.87. The predicted octanol–water partition coefficient (Wildman–Crippen LogP) is 3.77. The molecule has 0 fully saturated rings. The number of hydrogen-bond acceptors (Lipinski definition) is 2. The minimum absolute atomic E-state index is 0.0144. The van der Waals surface area contributed by atoms with Crippen LogP contribution in [0.2, 0.25) is 0 Å². The molecule has 0 bridgehead atoms. The Kier molecular flexibility index (Phi) is 4.08. The molecule has 0 amide bonds. The summed E-state index contributed by atoms with van der Waals surface area (Å²) in [4.78, 5) is 23.3. The van der Waals surface area contributed by atoms with Crippen LogP contribution in [0.15, 0.2) is 59.5 Å². The van der Waals surface area contributed by atoms with Crippen LogP contribution in [0.4, 0.5) is 13.2 Å². The number of rotatable bonds is 3. The molecule has 128 valence electrons. The molecule has 0 saturated carbocycles. The molecule has 4 nitrogen and oxygen atoms in total. The van der Waals surface area contributed by atoms with E-state index in [1.165, 1.54) is 41.1 Å². The Hall–Kier alpha value is -3.09. The fourth-order valence-electron chi connectivity index (χ4n) is 2.64. The van der Waals surface area contributed by atoms with Crippen molar-refractivity contribution in [2.75, 3.05) is 0 Å². The van der Waals surface area contributed by atoms with Crippen LogP contribution < -0.4 is 5.56 Å². The van der Waals surface area contributed by atoms with Gasteiger partial charge < -0.3 is 9.67 Å². The van der Waals surface area contributed by atoms with Crippen molar-refractivity contribution in [2.45, 2.75) is 12.7 Å².